The molecule has 0 rings (SSSR count). The molecule has 0 saturated heterocycles. The SMILES string of the molecule is CCCC/C=C\CCCCCCCC(=O)OC[C@@H](COC(=O)CC/C=C\C/C=C\C/C=C\C/C=C\C/C=C\CCCCC)OC(=O)CCC/C=C\C/C=C\C/C=C\C/C=C\CCCCC. The van der Waals surface area contributed by atoms with Gasteiger partial charge in [0.1, 0.15) is 13.2 Å². The summed E-state index contributed by atoms with van der Waals surface area (Å²) >= 11 is 0. The summed E-state index contributed by atoms with van der Waals surface area (Å²) in [5.74, 6) is -1.09. The molecule has 0 heterocycles. The maximum Gasteiger partial charge on any atom is 0.306 e. The van der Waals surface area contributed by atoms with Crippen molar-refractivity contribution in [2.75, 3.05) is 13.2 Å². The van der Waals surface area contributed by atoms with Gasteiger partial charge in [-0.25, -0.2) is 0 Å². The number of rotatable bonds is 45. The number of hydrogen-bond acceptors (Lipinski definition) is 6. The Morgan fingerprint density at radius 3 is 1.06 bits per heavy atom. The monoisotopic (exact) mass is 899 g/mol. The third-order valence-electron chi connectivity index (χ3n) is 10.4. The number of unbranched alkanes of at least 4 members (excludes halogenated alkanes) is 14. The Balaban J connectivity index is 4.60. The standard InChI is InChI=1S/C59H94O6/c1-4-7-10-13-16-19-22-24-26-28-29-31-32-34-37-40-43-46-49-52-58(61)64-55-56(54-63-57(60)51-48-45-42-39-36-21-18-15-12-9-6-3)65-59(62)53-50-47-44-41-38-35-33-30-27-25-23-20-17-14-11-8-5-2/h15-20,24-27,29,31,33-35,37,41,43-44,46,56H,4-14,21-23,28,30,32,36,38-40,42,45,47-55H2,1-3H3/b18-15-,19-16-,20-17-,26-24-,27-25-,31-29-,35-33-,37-34-,44-41-,46-43-/t56-/m0/s1. The lowest BCUT2D eigenvalue weighted by Crippen LogP contribution is -2.30. The van der Waals surface area contributed by atoms with E-state index in [0.29, 0.717) is 19.3 Å². The van der Waals surface area contributed by atoms with Gasteiger partial charge in [-0.2, -0.15) is 0 Å². The molecular formula is C59H94O6. The van der Waals surface area contributed by atoms with E-state index in [1.807, 2.05) is 12.2 Å². The molecule has 0 aromatic heterocycles. The molecule has 0 amide bonds. The normalized spacial score (nSPS) is 13.1. The molecule has 0 radical (unpaired) electrons. The lowest BCUT2D eigenvalue weighted by molar-refractivity contribution is -0.166. The van der Waals surface area contributed by atoms with Gasteiger partial charge in [0.05, 0.1) is 0 Å². The summed E-state index contributed by atoms with van der Waals surface area (Å²) in [6.45, 7) is 6.40. The average molecular weight is 899 g/mol. The van der Waals surface area contributed by atoms with Crippen molar-refractivity contribution in [3.63, 3.8) is 0 Å². The zero-order chi connectivity index (χ0) is 47.2. The summed E-state index contributed by atoms with van der Waals surface area (Å²) in [5.41, 5.74) is 0. The van der Waals surface area contributed by atoms with Crippen molar-refractivity contribution < 1.29 is 28.6 Å². The van der Waals surface area contributed by atoms with Crippen molar-refractivity contribution >= 4 is 17.9 Å². The third kappa shape index (κ3) is 50.7. The Labute approximate surface area is 399 Å². The van der Waals surface area contributed by atoms with Crippen molar-refractivity contribution in [1.29, 1.82) is 0 Å². The highest BCUT2D eigenvalue weighted by Crippen LogP contribution is 2.11. The van der Waals surface area contributed by atoms with Gasteiger partial charge in [0.15, 0.2) is 6.10 Å². The number of ether oxygens (including phenoxy) is 3. The minimum atomic E-state index is -0.842. The molecule has 0 aliphatic carbocycles. The van der Waals surface area contributed by atoms with E-state index in [4.69, 9.17) is 14.2 Å². The largest absolute Gasteiger partial charge is 0.462 e. The van der Waals surface area contributed by atoms with Crippen LogP contribution < -0.4 is 0 Å². The third-order valence-corrected chi connectivity index (χ3v) is 10.4. The van der Waals surface area contributed by atoms with Crippen molar-refractivity contribution in [1.82, 2.24) is 0 Å². The molecule has 0 aromatic carbocycles. The van der Waals surface area contributed by atoms with E-state index in [-0.39, 0.29) is 38.0 Å². The fraction of sp³-hybridized carbons (Fsp3) is 0.610. The van der Waals surface area contributed by atoms with Gasteiger partial charge in [-0.1, -0.05) is 200 Å². The highest BCUT2D eigenvalue weighted by Gasteiger charge is 2.19. The van der Waals surface area contributed by atoms with Crippen molar-refractivity contribution in [3.05, 3.63) is 122 Å². The van der Waals surface area contributed by atoms with Crippen LogP contribution in [0.15, 0.2) is 122 Å². The summed E-state index contributed by atoms with van der Waals surface area (Å²) in [7, 11) is 0. The summed E-state index contributed by atoms with van der Waals surface area (Å²) < 4.78 is 16.6. The summed E-state index contributed by atoms with van der Waals surface area (Å²) in [6, 6.07) is 0. The van der Waals surface area contributed by atoms with Gasteiger partial charge >= 0.3 is 17.9 Å². The van der Waals surface area contributed by atoms with E-state index >= 15 is 0 Å². The fourth-order valence-corrected chi connectivity index (χ4v) is 6.45. The number of allylic oxidation sites excluding steroid dienone is 20. The lowest BCUT2D eigenvalue weighted by atomic mass is 10.1. The van der Waals surface area contributed by atoms with Crippen LogP contribution in [-0.4, -0.2) is 37.2 Å². The van der Waals surface area contributed by atoms with E-state index < -0.39 is 12.1 Å². The van der Waals surface area contributed by atoms with E-state index in [0.717, 1.165) is 83.5 Å². The van der Waals surface area contributed by atoms with Crippen LogP contribution in [0.25, 0.3) is 0 Å². The highest BCUT2D eigenvalue weighted by molar-refractivity contribution is 5.71. The Morgan fingerprint density at radius 2 is 0.615 bits per heavy atom. The maximum atomic E-state index is 12.8. The van der Waals surface area contributed by atoms with Crippen LogP contribution in [-0.2, 0) is 28.6 Å². The molecule has 366 valence electrons. The summed E-state index contributed by atoms with van der Waals surface area (Å²) in [5, 5.41) is 0. The second-order valence-electron chi connectivity index (χ2n) is 16.7. The van der Waals surface area contributed by atoms with Crippen LogP contribution in [0.4, 0.5) is 0 Å². The molecule has 0 unspecified atom stereocenters. The molecule has 1 atom stereocenters. The van der Waals surface area contributed by atoms with Crippen LogP contribution in [0.3, 0.4) is 0 Å². The van der Waals surface area contributed by atoms with E-state index in [1.54, 1.807) is 0 Å². The van der Waals surface area contributed by atoms with Crippen molar-refractivity contribution in [2.45, 2.75) is 219 Å². The highest BCUT2D eigenvalue weighted by atomic mass is 16.6. The number of carbonyl (C=O) groups is 3. The van der Waals surface area contributed by atoms with Crippen LogP contribution in [0, 0.1) is 0 Å². The molecule has 0 N–H and O–H groups in total. The van der Waals surface area contributed by atoms with Gasteiger partial charge in [-0.15, -0.1) is 0 Å². The van der Waals surface area contributed by atoms with Gasteiger partial charge in [0.2, 0.25) is 0 Å². The first kappa shape index (κ1) is 60.8. The minimum absolute atomic E-state index is 0.131. The predicted molar refractivity (Wildman–Crippen MR) is 279 cm³/mol. The first-order valence-corrected chi connectivity index (χ1v) is 26.0. The molecule has 0 aliphatic heterocycles. The second-order valence-corrected chi connectivity index (χ2v) is 16.7. The number of esters is 3. The Hall–Kier alpha value is -4.19. The Morgan fingerprint density at radius 1 is 0.308 bits per heavy atom. The number of hydrogen-bond donors (Lipinski definition) is 0. The van der Waals surface area contributed by atoms with Gasteiger partial charge < -0.3 is 14.2 Å². The molecule has 0 bridgehead atoms. The molecule has 0 aromatic rings. The van der Waals surface area contributed by atoms with Gasteiger partial charge in [0, 0.05) is 19.3 Å². The van der Waals surface area contributed by atoms with Gasteiger partial charge in [-0.3, -0.25) is 14.4 Å². The van der Waals surface area contributed by atoms with Gasteiger partial charge in [0.25, 0.3) is 0 Å². The van der Waals surface area contributed by atoms with Crippen LogP contribution in [0.1, 0.15) is 213 Å². The zero-order valence-corrected chi connectivity index (χ0v) is 41.7. The Bertz CT molecular complexity index is 1400. The first-order chi connectivity index (χ1) is 32.0. The minimum Gasteiger partial charge on any atom is -0.462 e. The Kier molecular flexibility index (Phi) is 49.1. The molecule has 65 heavy (non-hydrogen) atoms. The quantitative estimate of drug-likeness (QED) is 0.0262. The van der Waals surface area contributed by atoms with Crippen molar-refractivity contribution in [3.8, 4) is 0 Å². The zero-order valence-electron chi connectivity index (χ0n) is 41.7. The fourth-order valence-electron chi connectivity index (χ4n) is 6.45. The molecule has 0 spiro atoms. The van der Waals surface area contributed by atoms with E-state index in [9.17, 15) is 14.4 Å². The molecule has 0 saturated carbocycles. The molecule has 0 fully saturated rings. The van der Waals surface area contributed by atoms with E-state index in [2.05, 4.69) is 130 Å². The van der Waals surface area contributed by atoms with Crippen LogP contribution in [0.5, 0.6) is 0 Å². The maximum absolute atomic E-state index is 12.8. The smallest absolute Gasteiger partial charge is 0.306 e. The predicted octanol–water partition coefficient (Wildman–Crippen LogP) is 17.3. The number of carbonyl (C=O) groups excluding carboxylic acids is 3. The topological polar surface area (TPSA) is 78.9 Å². The van der Waals surface area contributed by atoms with Crippen LogP contribution >= 0.6 is 0 Å². The molecule has 0 aliphatic rings. The summed E-state index contributed by atoms with van der Waals surface area (Å²) in [4.78, 5) is 37.9. The van der Waals surface area contributed by atoms with Crippen molar-refractivity contribution in [2.24, 2.45) is 0 Å². The summed E-state index contributed by atoms with van der Waals surface area (Å²) in [6.07, 6.45) is 72.0. The molecule has 6 nitrogen and oxygen atoms in total. The van der Waals surface area contributed by atoms with E-state index in [1.165, 1.54) is 77.0 Å². The average Bonchev–Trinajstić information content (AvgIpc) is 3.30. The molecular weight excluding hydrogens is 805 g/mol. The van der Waals surface area contributed by atoms with Gasteiger partial charge in [-0.05, 0) is 116 Å². The van der Waals surface area contributed by atoms with Crippen LogP contribution in [0.2, 0.25) is 0 Å². The lowest BCUT2D eigenvalue weighted by Gasteiger charge is -2.18. The first-order valence-electron chi connectivity index (χ1n) is 26.0. The molecule has 6 heteroatoms. The second kappa shape index (κ2) is 52.4.